The molecule has 0 unspecified atom stereocenters. The maximum Gasteiger partial charge on any atom is 0.345 e. The lowest BCUT2D eigenvalue weighted by molar-refractivity contribution is 0.269. The second-order valence-electron chi connectivity index (χ2n) is 6.57. The van der Waals surface area contributed by atoms with Crippen molar-refractivity contribution in [2.75, 3.05) is 20.2 Å². The van der Waals surface area contributed by atoms with Crippen LogP contribution in [0.3, 0.4) is 0 Å². The first-order valence-electron chi connectivity index (χ1n) is 8.82. The Balaban J connectivity index is 1.91. The maximum absolute atomic E-state index is 12.8. The second-order valence-corrected chi connectivity index (χ2v) is 6.57. The van der Waals surface area contributed by atoms with E-state index in [0.29, 0.717) is 16.5 Å². The molecule has 0 bridgehead atoms. The zero-order valence-corrected chi connectivity index (χ0v) is 14.6. The molecule has 2 heterocycles. The van der Waals surface area contributed by atoms with Gasteiger partial charge in [0.1, 0.15) is 22.6 Å². The van der Waals surface area contributed by atoms with E-state index in [1.807, 2.05) is 30.3 Å². The molecule has 1 saturated heterocycles. The van der Waals surface area contributed by atoms with E-state index < -0.39 is 5.63 Å². The van der Waals surface area contributed by atoms with Crippen LogP contribution in [0.15, 0.2) is 57.7 Å². The van der Waals surface area contributed by atoms with Crippen molar-refractivity contribution >= 4 is 11.0 Å². The van der Waals surface area contributed by atoms with Gasteiger partial charge in [-0.05, 0) is 55.8 Å². The number of rotatable bonds is 4. The molecule has 26 heavy (non-hydrogen) atoms. The Morgan fingerprint density at radius 1 is 1.08 bits per heavy atom. The summed E-state index contributed by atoms with van der Waals surface area (Å²) in [5.41, 5.74) is 1.14. The molecule has 5 heteroatoms. The zero-order valence-electron chi connectivity index (χ0n) is 14.6. The van der Waals surface area contributed by atoms with Crippen molar-refractivity contribution in [1.82, 2.24) is 4.90 Å². The lowest BCUT2D eigenvalue weighted by Crippen LogP contribution is -2.30. The molecule has 0 amide bonds. The minimum atomic E-state index is -0.492. The summed E-state index contributed by atoms with van der Waals surface area (Å²) in [7, 11) is 1.62. The molecule has 3 aromatic rings. The van der Waals surface area contributed by atoms with Gasteiger partial charge in [-0.1, -0.05) is 24.3 Å². The fraction of sp³-hybridized carbons (Fsp3) is 0.286. The van der Waals surface area contributed by atoms with Gasteiger partial charge in [0.25, 0.3) is 0 Å². The Morgan fingerprint density at radius 2 is 1.77 bits per heavy atom. The summed E-state index contributed by atoms with van der Waals surface area (Å²) in [6, 6.07) is 14.4. The fourth-order valence-electron chi connectivity index (χ4n) is 3.74. The molecule has 1 aromatic heterocycles. The Kier molecular flexibility index (Phi) is 4.39. The smallest absolute Gasteiger partial charge is 0.345 e. The highest BCUT2D eigenvalue weighted by Crippen LogP contribution is 2.38. The molecule has 1 aliphatic rings. The predicted molar refractivity (Wildman–Crippen MR) is 99.8 cm³/mol. The van der Waals surface area contributed by atoms with Crippen molar-refractivity contribution in [2.45, 2.75) is 18.9 Å². The van der Waals surface area contributed by atoms with Crippen LogP contribution in [0.2, 0.25) is 0 Å². The third-order valence-corrected chi connectivity index (χ3v) is 5.03. The molecule has 1 fully saturated rings. The topological polar surface area (TPSA) is 62.9 Å². The van der Waals surface area contributed by atoms with Crippen LogP contribution in [0.4, 0.5) is 0 Å². The number of fused-ring (bicyclic) bond motifs is 1. The van der Waals surface area contributed by atoms with Crippen LogP contribution < -0.4 is 10.4 Å². The molecule has 1 N–H and O–H groups in total. The van der Waals surface area contributed by atoms with Gasteiger partial charge in [-0.15, -0.1) is 0 Å². The highest BCUT2D eigenvalue weighted by molar-refractivity contribution is 5.84. The van der Waals surface area contributed by atoms with Crippen molar-refractivity contribution in [1.29, 1.82) is 0 Å². The molecule has 0 radical (unpaired) electrons. The van der Waals surface area contributed by atoms with Gasteiger partial charge in [0.2, 0.25) is 0 Å². The van der Waals surface area contributed by atoms with Crippen LogP contribution in [-0.2, 0) is 0 Å². The quantitative estimate of drug-likeness (QED) is 0.726. The summed E-state index contributed by atoms with van der Waals surface area (Å²) in [5, 5.41) is 11.5. The van der Waals surface area contributed by atoms with Crippen LogP contribution in [0.1, 0.15) is 30.0 Å². The third kappa shape index (κ3) is 2.84. The Labute approximate surface area is 151 Å². The molecule has 0 saturated carbocycles. The van der Waals surface area contributed by atoms with Crippen molar-refractivity contribution in [3.8, 4) is 11.5 Å². The van der Waals surface area contributed by atoms with Gasteiger partial charge >= 0.3 is 5.63 Å². The van der Waals surface area contributed by atoms with Crippen molar-refractivity contribution in [3.63, 3.8) is 0 Å². The standard InChI is InChI=1S/C21H21NO4/c1-25-15-10-8-14(9-11-15)19(22-12-4-5-13-22)18-20(23)16-6-2-3-7-17(16)26-21(18)24/h2-3,6-11,19,23H,4-5,12-13H2,1H3/t19-/m1/s1. The number of likely N-dealkylation sites (tertiary alicyclic amines) is 1. The number of hydrogen-bond donors (Lipinski definition) is 1. The summed E-state index contributed by atoms with van der Waals surface area (Å²) < 4.78 is 10.8. The van der Waals surface area contributed by atoms with Gasteiger partial charge < -0.3 is 14.3 Å². The normalized spacial score (nSPS) is 16.0. The average Bonchev–Trinajstić information content (AvgIpc) is 3.19. The van der Waals surface area contributed by atoms with Crippen LogP contribution >= 0.6 is 0 Å². The lowest BCUT2D eigenvalue weighted by Gasteiger charge is -2.28. The number of methoxy groups -OCH3 is 1. The van der Waals surface area contributed by atoms with E-state index >= 15 is 0 Å². The third-order valence-electron chi connectivity index (χ3n) is 5.03. The van der Waals surface area contributed by atoms with Crippen molar-refractivity contribution in [3.05, 3.63) is 70.1 Å². The van der Waals surface area contributed by atoms with Crippen molar-refractivity contribution < 1.29 is 14.3 Å². The summed E-state index contributed by atoms with van der Waals surface area (Å²) in [5.74, 6) is 0.758. The first-order valence-corrected chi connectivity index (χ1v) is 8.82. The average molecular weight is 351 g/mol. The van der Waals surface area contributed by atoms with E-state index in [2.05, 4.69) is 4.90 Å². The molecule has 5 nitrogen and oxygen atoms in total. The number of para-hydroxylation sites is 1. The minimum absolute atomic E-state index is 0.00423. The molecule has 2 aromatic carbocycles. The van der Waals surface area contributed by atoms with Crippen LogP contribution in [0, 0.1) is 0 Å². The number of nitrogens with zero attached hydrogens (tertiary/aromatic N) is 1. The number of ether oxygens (including phenoxy) is 1. The highest BCUT2D eigenvalue weighted by atomic mass is 16.5. The largest absolute Gasteiger partial charge is 0.507 e. The Bertz CT molecular complexity index is 971. The van der Waals surface area contributed by atoms with Crippen LogP contribution in [0.5, 0.6) is 11.5 Å². The number of benzene rings is 2. The monoisotopic (exact) mass is 351 g/mol. The Morgan fingerprint density at radius 3 is 2.46 bits per heavy atom. The maximum atomic E-state index is 12.8. The van der Waals surface area contributed by atoms with E-state index in [4.69, 9.17) is 9.15 Å². The van der Waals surface area contributed by atoms with Crippen LogP contribution in [-0.4, -0.2) is 30.2 Å². The summed E-state index contributed by atoms with van der Waals surface area (Å²) >= 11 is 0. The van der Waals surface area contributed by atoms with Gasteiger partial charge in [0.05, 0.1) is 18.5 Å². The molecule has 134 valence electrons. The molecule has 0 aliphatic carbocycles. The molecule has 4 rings (SSSR count). The number of hydrogen-bond acceptors (Lipinski definition) is 5. The summed E-state index contributed by atoms with van der Waals surface area (Å²) in [6.45, 7) is 1.75. The van der Waals surface area contributed by atoms with E-state index in [9.17, 15) is 9.90 Å². The molecule has 1 aliphatic heterocycles. The SMILES string of the molecule is COc1ccc([C@H](c2c(O)c3ccccc3oc2=O)N2CCCC2)cc1. The van der Waals surface area contributed by atoms with Crippen molar-refractivity contribution in [2.24, 2.45) is 0 Å². The molecule has 0 spiro atoms. The molecular formula is C21H21NO4. The first kappa shape index (κ1) is 16.7. The minimum Gasteiger partial charge on any atom is -0.507 e. The van der Waals surface area contributed by atoms with Gasteiger partial charge in [0.15, 0.2) is 0 Å². The van der Waals surface area contributed by atoms with Gasteiger partial charge in [-0.2, -0.15) is 0 Å². The van der Waals surface area contributed by atoms with Gasteiger partial charge in [-0.3, -0.25) is 4.90 Å². The summed E-state index contributed by atoms with van der Waals surface area (Å²) in [4.78, 5) is 15.0. The number of aromatic hydroxyl groups is 1. The van der Waals surface area contributed by atoms with E-state index in [0.717, 1.165) is 37.2 Å². The van der Waals surface area contributed by atoms with Gasteiger partial charge in [-0.25, -0.2) is 4.79 Å². The zero-order chi connectivity index (χ0) is 18.1. The predicted octanol–water partition coefficient (Wildman–Crippen LogP) is 3.69. The summed E-state index contributed by atoms with van der Waals surface area (Å²) in [6.07, 6.45) is 2.15. The van der Waals surface area contributed by atoms with Crippen LogP contribution in [0.25, 0.3) is 11.0 Å². The molecule has 1 atom stereocenters. The van der Waals surface area contributed by atoms with E-state index in [1.165, 1.54) is 0 Å². The lowest BCUT2D eigenvalue weighted by atomic mass is 9.96. The Hall–Kier alpha value is -2.79. The second kappa shape index (κ2) is 6.84. The van der Waals surface area contributed by atoms with E-state index in [1.54, 1.807) is 25.3 Å². The van der Waals surface area contributed by atoms with Gasteiger partial charge in [0, 0.05) is 0 Å². The highest BCUT2D eigenvalue weighted by Gasteiger charge is 2.31. The molecular weight excluding hydrogens is 330 g/mol. The fourth-order valence-corrected chi connectivity index (χ4v) is 3.74. The first-order chi connectivity index (χ1) is 12.7. The van der Waals surface area contributed by atoms with E-state index in [-0.39, 0.29) is 11.8 Å².